The first kappa shape index (κ1) is 18.0. The maximum absolute atomic E-state index is 13.5. The summed E-state index contributed by atoms with van der Waals surface area (Å²) < 4.78 is 59.0. The van der Waals surface area contributed by atoms with Gasteiger partial charge in [-0.05, 0) is 20.8 Å². The van der Waals surface area contributed by atoms with Gasteiger partial charge in [-0.15, -0.1) is 0 Å². The normalized spacial score (nSPS) is 12.0. The third-order valence-corrected chi connectivity index (χ3v) is 2.12. The molecular formula is C13H16F4N2O3. The predicted molar refractivity (Wildman–Crippen MR) is 68.8 cm³/mol. The number of ether oxygens (including phenoxy) is 2. The zero-order valence-corrected chi connectivity index (χ0v) is 12.3. The van der Waals surface area contributed by atoms with Gasteiger partial charge in [-0.3, -0.25) is 0 Å². The van der Waals surface area contributed by atoms with E-state index in [-0.39, 0.29) is 18.0 Å². The van der Waals surface area contributed by atoms with Crippen molar-refractivity contribution in [2.24, 2.45) is 0 Å². The van der Waals surface area contributed by atoms with Gasteiger partial charge in [-0.25, -0.2) is 14.2 Å². The molecule has 1 amide bonds. The van der Waals surface area contributed by atoms with Crippen LogP contribution >= 0.6 is 0 Å². The third-order valence-electron chi connectivity index (χ3n) is 2.12. The molecule has 1 aromatic rings. The van der Waals surface area contributed by atoms with Crippen LogP contribution in [0.2, 0.25) is 0 Å². The van der Waals surface area contributed by atoms with Crippen LogP contribution in [0.5, 0.6) is 5.88 Å². The number of hydrogen-bond acceptors (Lipinski definition) is 4. The van der Waals surface area contributed by atoms with Gasteiger partial charge in [0.1, 0.15) is 11.4 Å². The maximum Gasteiger partial charge on any atom is 0.422 e. The van der Waals surface area contributed by atoms with E-state index in [2.05, 4.69) is 15.0 Å². The Hall–Kier alpha value is -2.06. The molecule has 0 aliphatic heterocycles. The molecule has 0 bridgehead atoms. The van der Waals surface area contributed by atoms with E-state index in [1.807, 2.05) is 0 Å². The Labute approximate surface area is 124 Å². The quantitative estimate of drug-likeness (QED) is 0.864. The summed E-state index contributed by atoms with van der Waals surface area (Å²) in [6.45, 7) is 3.16. The van der Waals surface area contributed by atoms with Gasteiger partial charge < -0.3 is 14.8 Å². The molecule has 0 radical (unpaired) electrons. The molecule has 0 aromatic carbocycles. The Morgan fingerprint density at radius 1 is 1.32 bits per heavy atom. The Morgan fingerprint density at radius 3 is 2.50 bits per heavy atom. The van der Waals surface area contributed by atoms with Crippen LogP contribution < -0.4 is 10.1 Å². The summed E-state index contributed by atoms with van der Waals surface area (Å²) in [5.41, 5.74) is -0.792. The second kappa shape index (κ2) is 6.80. The number of alkyl carbamates (subject to hydrolysis) is 1. The van der Waals surface area contributed by atoms with Crippen molar-refractivity contribution in [1.82, 2.24) is 10.3 Å². The summed E-state index contributed by atoms with van der Waals surface area (Å²) in [5, 5.41) is 2.29. The molecule has 9 heteroatoms. The number of nitrogens with zero attached hydrogens (tertiary/aromatic N) is 1. The van der Waals surface area contributed by atoms with Crippen molar-refractivity contribution in [2.45, 2.75) is 39.1 Å². The Balaban J connectivity index is 2.64. The minimum atomic E-state index is -4.52. The molecule has 124 valence electrons. The van der Waals surface area contributed by atoms with Crippen molar-refractivity contribution in [1.29, 1.82) is 0 Å². The van der Waals surface area contributed by atoms with Crippen molar-refractivity contribution >= 4 is 6.09 Å². The van der Waals surface area contributed by atoms with Crippen LogP contribution in [-0.4, -0.2) is 29.5 Å². The molecule has 1 heterocycles. The van der Waals surface area contributed by atoms with E-state index in [9.17, 15) is 22.4 Å². The van der Waals surface area contributed by atoms with Gasteiger partial charge in [0.2, 0.25) is 5.88 Å². The standard InChI is InChI=1S/C13H16F4N2O3/c1-12(2,3)22-11(20)19-5-8-4-10(18-6-9(8)14)21-7-13(15,16)17/h4,6H,5,7H2,1-3H3,(H,19,20). The fraction of sp³-hybridized carbons (Fsp3) is 0.538. The van der Waals surface area contributed by atoms with Crippen molar-refractivity contribution < 1.29 is 31.8 Å². The number of halogens is 4. The molecule has 1 aromatic heterocycles. The fourth-order valence-electron chi connectivity index (χ4n) is 1.31. The van der Waals surface area contributed by atoms with Crippen LogP contribution in [-0.2, 0) is 11.3 Å². The lowest BCUT2D eigenvalue weighted by molar-refractivity contribution is -0.154. The SMILES string of the molecule is CC(C)(C)OC(=O)NCc1cc(OCC(F)(F)F)ncc1F. The van der Waals surface area contributed by atoms with Gasteiger partial charge in [0.05, 0.1) is 6.20 Å². The minimum Gasteiger partial charge on any atom is -0.468 e. The largest absolute Gasteiger partial charge is 0.468 e. The van der Waals surface area contributed by atoms with Gasteiger partial charge >= 0.3 is 12.3 Å². The number of carbonyl (C=O) groups excluding carboxylic acids is 1. The second-order valence-corrected chi connectivity index (χ2v) is 5.37. The average molecular weight is 324 g/mol. The molecule has 0 unspecified atom stereocenters. The van der Waals surface area contributed by atoms with Crippen LogP contribution in [0.25, 0.3) is 0 Å². The van der Waals surface area contributed by atoms with Crippen LogP contribution in [0.4, 0.5) is 22.4 Å². The van der Waals surface area contributed by atoms with Crippen LogP contribution in [0, 0.1) is 5.82 Å². The highest BCUT2D eigenvalue weighted by molar-refractivity contribution is 5.67. The summed E-state index contributed by atoms with van der Waals surface area (Å²) in [7, 11) is 0. The van der Waals surface area contributed by atoms with Crippen molar-refractivity contribution in [3.63, 3.8) is 0 Å². The molecule has 1 rings (SSSR count). The van der Waals surface area contributed by atoms with E-state index in [1.54, 1.807) is 20.8 Å². The summed E-state index contributed by atoms with van der Waals surface area (Å²) in [6, 6.07) is 0.985. The highest BCUT2D eigenvalue weighted by atomic mass is 19.4. The van der Waals surface area contributed by atoms with Crippen molar-refractivity contribution in [3.8, 4) is 5.88 Å². The summed E-state index contributed by atoms with van der Waals surface area (Å²) in [4.78, 5) is 14.8. The first-order valence-corrected chi connectivity index (χ1v) is 6.27. The van der Waals surface area contributed by atoms with Crippen LogP contribution in [0.15, 0.2) is 12.3 Å². The molecule has 1 N–H and O–H groups in total. The van der Waals surface area contributed by atoms with Crippen LogP contribution in [0.1, 0.15) is 26.3 Å². The number of carbonyl (C=O) groups is 1. The Bertz CT molecular complexity index is 527. The lowest BCUT2D eigenvalue weighted by Crippen LogP contribution is -2.32. The van der Waals surface area contributed by atoms with Crippen LogP contribution in [0.3, 0.4) is 0 Å². The Morgan fingerprint density at radius 2 is 1.95 bits per heavy atom. The number of rotatable bonds is 4. The van der Waals surface area contributed by atoms with Crippen molar-refractivity contribution in [2.75, 3.05) is 6.61 Å². The molecule has 5 nitrogen and oxygen atoms in total. The number of pyridine rings is 1. The molecule has 0 aliphatic rings. The number of aromatic nitrogens is 1. The summed E-state index contributed by atoms with van der Waals surface area (Å²) in [6.07, 6.45) is -4.58. The van der Waals surface area contributed by atoms with Gasteiger partial charge in [0, 0.05) is 18.2 Å². The number of amides is 1. The first-order chi connectivity index (χ1) is 9.96. The van der Waals surface area contributed by atoms with E-state index in [1.165, 1.54) is 0 Å². The zero-order chi connectivity index (χ0) is 17.0. The van der Waals surface area contributed by atoms with E-state index < -0.39 is 30.3 Å². The summed E-state index contributed by atoms with van der Waals surface area (Å²) in [5.74, 6) is -1.17. The Kier molecular flexibility index (Phi) is 5.56. The number of hydrogen-bond donors (Lipinski definition) is 1. The predicted octanol–water partition coefficient (Wildman–Crippen LogP) is 3.19. The lowest BCUT2D eigenvalue weighted by Gasteiger charge is -2.19. The molecule has 0 saturated carbocycles. The number of alkyl halides is 3. The first-order valence-electron chi connectivity index (χ1n) is 6.27. The van der Waals surface area contributed by atoms with Gasteiger partial charge in [-0.2, -0.15) is 13.2 Å². The maximum atomic E-state index is 13.5. The fourth-order valence-corrected chi connectivity index (χ4v) is 1.31. The number of nitrogens with one attached hydrogen (secondary N) is 1. The van der Waals surface area contributed by atoms with Gasteiger partial charge in [-0.1, -0.05) is 0 Å². The second-order valence-electron chi connectivity index (χ2n) is 5.37. The topological polar surface area (TPSA) is 60.5 Å². The molecule has 0 saturated heterocycles. The molecule has 22 heavy (non-hydrogen) atoms. The highest BCUT2D eigenvalue weighted by Crippen LogP contribution is 2.19. The third kappa shape index (κ3) is 7.09. The minimum absolute atomic E-state index is 0.0713. The van der Waals surface area contributed by atoms with E-state index in [4.69, 9.17) is 4.74 Å². The zero-order valence-electron chi connectivity index (χ0n) is 12.3. The molecule has 0 spiro atoms. The summed E-state index contributed by atoms with van der Waals surface area (Å²) >= 11 is 0. The highest BCUT2D eigenvalue weighted by Gasteiger charge is 2.28. The molecule has 0 fully saturated rings. The van der Waals surface area contributed by atoms with Gasteiger partial charge in [0.25, 0.3) is 0 Å². The van der Waals surface area contributed by atoms with Crippen molar-refractivity contribution in [3.05, 3.63) is 23.6 Å². The van der Waals surface area contributed by atoms with E-state index >= 15 is 0 Å². The molecule has 0 aliphatic carbocycles. The lowest BCUT2D eigenvalue weighted by atomic mass is 10.2. The monoisotopic (exact) mass is 324 g/mol. The van der Waals surface area contributed by atoms with Gasteiger partial charge in [0.15, 0.2) is 6.61 Å². The van der Waals surface area contributed by atoms with E-state index in [0.717, 1.165) is 12.3 Å². The molecular weight excluding hydrogens is 308 g/mol. The van der Waals surface area contributed by atoms with E-state index in [0.29, 0.717) is 0 Å². The molecule has 0 atom stereocenters. The average Bonchev–Trinajstić information content (AvgIpc) is 2.33. The smallest absolute Gasteiger partial charge is 0.422 e.